The molecule has 2 aliphatic heterocycles. The molecule has 0 unspecified atom stereocenters. The third kappa shape index (κ3) is 8.59. The van der Waals surface area contributed by atoms with Gasteiger partial charge in [-0.2, -0.15) is 0 Å². The normalized spacial score (nSPS) is 16.6. The van der Waals surface area contributed by atoms with E-state index < -0.39 is 12.1 Å². The Morgan fingerprint density at radius 1 is 0.833 bits per heavy atom. The lowest BCUT2D eigenvalue weighted by Crippen LogP contribution is -2.51. The maximum atomic E-state index is 13.5. The molecule has 0 spiro atoms. The number of hydrogen-bond acceptors (Lipinski definition) is 7. The Labute approximate surface area is 317 Å². The lowest BCUT2D eigenvalue weighted by molar-refractivity contribution is -0.139. The van der Waals surface area contributed by atoms with Crippen LogP contribution >= 0.6 is 0 Å². The molecule has 1 aromatic heterocycles. The smallest absolute Gasteiger partial charge is 0.407 e. The van der Waals surface area contributed by atoms with Gasteiger partial charge in [-0.15, -0.1) is 0 Å². The number of imidazole rings is 1. The summed E-state index contributed by atoms with van der Waals surface area (Å²) in [6.07, 6.45) is 2.80. The monoisotopic (exact) mass is 733 g/mol. The van der Waals surface area contributed by atoms with Crippen molar-refractivity contribution in [1.82, 2.24) is 25.1 Å². The van der Waals surface area contributed by atoms with E-state index in [4.69, 9.17) is 4.74 Å². The molecule has 6 rings (SSSR count). The van der Waals surface area contributed by atoms with Crippen LogP contribution in [0.15, 0.2) is 79.0 Å². The Bertz CT molecular complexity index is 1940. The van der Waals surface area contributed by atoms with Crippen molar-refractivity contribution in [3.8, 4) is 22.4 Å². The molecule has 3 aromatic carbocycles. The number of anilines is 2. The lowest BCUT2D eigenvalue weighted by atomic mass is 9.94. The van der Waals surface area contributed by atoms with Gasteiger partial charge < -0.3 is 35.1 Å². The Hall–Kier alpha value is -5.65. The molecule has 2 atom stereocenters. The number of carbonyl (C=O) groups is 4. The molecule has 2 saturated heterocycles. The number of ether oxygens (including phenoxy) is 1. The van der Waals surface area contributed by atoms with E-state index in [2.05, 4.69) is 25.5 Å². The van der Waals surface area contributed by atoms with Crippen LogP contribution in [0.5, 0.6) is 0 Å². The Kier molecular flexibility index (Phi) is 11.4. The summed E-state index contributed by atoms with van der Waals surface area (Å²) in [6, 6.07) is 22.6. The van der Waals surface area contributed by atoms with Crippen LogP contribution in [0.1, 0.15) is 69.7 Å². The first-order chi connectivity index (χ1) is 25.8. The third-order valence-corrected chi connectivity index (χ3v) is 10.2. The molecule has 284 valence electrons. The summed E-state index contributed by atoms with van der Waals surface area (Å²) in [6.45, 7) is 13.1. The number of piperazine rings is 1. The van der Waals surface area contributed by atoms with Crippen LogP contribution < -0.4 is 15.5 Å². The number of aromatic amines is 1. The predicted octanol–water partition coefficient (Wildman–Crippen LogP) is 6.73. The molecule has 0 radical (unpaired) electrons. The maximum Gasteiger partial charge on any atom is 0.407 e. The van der Waals surface area contributed by atoms with E-state index in [1.165, 1.54) is 7.11 Å². The minimum atomic E-state index is -0.686. The molecule has 2 aliphatic rings. The Balaban J connectivity index is 1.03. The fourth-order valence-electron chi connectivity index (χ4n) is 7.10. The quantitative estimate of drug-likeness (QED) is 0.173. The second-order valence-electron chi connectivity index (χ2n) is 15.4. The van der Waals surface area contributed by atoms with Gasteiger partial charge >= 0.3 is 6.09 Å². The number of H-pyrrole nitrogens is 1. The molecule has 3 heterocycles. The van der Waals surface area contributed by atoms with Crippen LogP contribution in [0.2, 0.25) is 0 Å². The van der Waals surface area contributed by atoms with Crippen molar-refractivity contribution < 1.29 is 23.9 Å². The molecule has 3 N–H and O–H groups in total. The zero-order valence-corrected chi connectivity index (χ0v) is 32.0. The molecule has 12 nitrogen and oxygen atoms in total. The van der Waals surface area contributed by atoms with Gasteiger partial charge in [0.1, 0.15) is 11.9 Å². The highest BCUT2D eigenvalue weighted by Crippen LogP contribution is 2.33. The first kappa shape index (κ1) is 38.1. The van der Waals surface area contributed by atoms with Crippen molar-refractivity contribution in [2.75, 3.05) is 50.1 Å². The number of methoxy groups -OCH3 is 1. The summed E-state index contributed by atoms with van der Waals surface area (Å²) < 4.78 is 4.75. The highest BCUT2D eigenvalue weighted by Gasteiger charge is 2.37. The van der Waals surface area contributed by atoms with Crippen molar-refractivity contribution in [3.63, 3.8) is 0 Å². The van der Waals surface area contributed by atoms with Gasteiger partial charge in [-0.1, -0.05) is 71.0 Å². The molecule has 0 bridgehead atoms. The van der Waals surface area contributed by atoms with Crippen LogP contribution in [0.4, 0.5) is 16.2 Å². The number of aromatic nitrogens is 2. The highest BCUT2D eigenvalue weighted by molar-refractivity contribution is 6.04. The molecule has 4 aromatic rings. The summed E-state index contributed by atoms with van der Waals surface area (Å²) in [5.41, 5.74) is 5.79. The van der Waals surface area contributed by atoms with Crippen molar-refractivity contribution in [2.24, 2.45) is 11.3 Å². The molecule has 54 heavy (non-hydrogen) atoms. The van der Waals surface area contributed by atoms with Crippen LogP contribution in [-0.2, 0) is 14.3 Å². The van der Waals surface area contributed by atoms with Gasteiger partial charge in [-0.25, -0.2) is 9.78 Å². The zero-order valence-electron chi connectivity index (χ0n) is 32.0. The molecule has 2 fully saturated rings. The molecule has 4 amide bonds. The molecular formula is C42H51N7O5. The first-order valence-corrected chi connectivity index (χ1v) is 18.7. The third-order valence-electron chi connectivity index (χ3n) is 10.2. The summed E-state index contributed by atoms with van der Waals surface area (Å²) in [5, 5.41) is 5.69. The van der Waals surface area contributed by atoms with E-state index >= 15 is 0 Å². The number of alkyl carbamates (subject to hydrolysis) is 1. The fraction of sp³-hybridized carbons (Fsp3) is 0.405. The van der Waals surface area contributed by atoms with Crippen LogP contribution in [0.25, 0.3) is 22.4 Å². The van der Waals surface area contributed by atoms with Gasteiger partial charge in [0.15, 0.2) is 0 Å². The average Bonchev–Trinajstić information content (AvgIpc) is 3.87. The van der Waals surface area contributed by atoms with E-state index in [0.29, 0.717) is 30.9 Å². The standard InChI is InChI=1S/C42H51N7O5/c1-27(2)36(46-41(53)54-6)39(51)49-21-7-8-35(49)37-43-26-34(45-37)30-11-9-28(10-12-30)29-13-17-32(18-14-29)44-38(50)31-15-19-33(20-16-31)47-22-24-48(25-23-47)40(52)42(3,4)5/h9-20,26-27,35-36H,7-8,21-25H2,1-6H3,(H,43,45)(H,44,50)(H,46,53)/t35-,36-/m0/s1. The topological polar surface area (TPSA) is 140 Å². The first-order valence-electron chi connectivity index (χ1n) is 18.7. The number of hydrogen-bond donors (Lipinski definition) is 3. The van der Waals surface area contributed by atoms with E-state index in [1.807, 2.05) is 112 Å². The van der Waals surface area contributed by atoms with Crippen molar-refractivity contribution >= 4 is 35.2 Å². The van der Waals surface area contributed by atoms with E-state index in [0.717, 1.165) is 59.8 Å². The van der Waals surface area contributed by atoms with Gasteiger partial charge in [-0.05, 0) is 71.8 Å². The van der Waals surface area contributed by atoms with E-state index in [9.17, 15) is 19.2 Å². The predicted molar refractivity (Wildman–Crippen MR) is 210 cm³/mol. The number of nitrogens with zero attached hydrogens (tertiary/aromatic N) is 4. The van der Waals surface area contributed by atoms with Gasteiger partial charge in [0.2, 0.25) is 11.8 Å². The minimum Gasteiger partial charge on any atom is -0.453 e. The molecule has 0 saturated carbocycles. The average molecular weight is 734 g/mol. The summed E-state index contributed by atoms with van der Waals surface area (Å²) in [4.78, 5) is 65.2. The zero-order chi connectivity index (χ0) is 38.6. The summed E-state index contributed by atoms with van der Waals surface area (Å²) in [7, 11) is 1.29. The van der Waals surface area contributed by atoms with Gasteiger partial charge in [-0.3, -0.25) is 14.4 Å². The second kappa shape index (κ2) is 16.2. The van der Waals surface area contributed by atoms with Gasteiger partial charge in [0.25, 0.3) is 5.91 Å². The molecular weight excluding hydrogens is 683 g/mol. The van der Waals surface area contributed by atoms with Crippen LogP contribution in [0.3, 0.4) is 0 Å². The van der Waals surface area contributed by atoms with Gasteiger partial charge in [0, 0.05) is 55.1 Å². The Morgan fingerprint density at radius 3 is 2.04 bits per heavy atom. The number of likely N-dealkylation sites (tertiary alicyclic amines) is 1. The lowest BCUT2D eigenvalue weighted by Gasteiger charge is -2.38. The van der Waals surface area contributed by atoms with Crippen molar-refractivity contribution in [3.05, 3.63) is 90.4 Å². The maximum absolute atomic E-state index is 13.5. The van der Waals surface area contributed by atoms with Crippen LogP contribution in [-0.4, -0.2) is 89.5 Å². The van der Waals surface area contributed by atoms with E-state index in [1.54, 1.807) is 11.1 Å². The largest absolute Gasteiger partial charge is 0.453 e. The van der Waals surface area contributed by atoms with Gasteiger partial charge in [0.05, 0.1) is 25.0 Å². The number of rotatable bonds is 9. The summed E-state index contributed by atoms with van der Waals surface area (Å²) in [5.74, 6) is 0.475. The number of nitrogens with one attached hydrogen (secondary N) is 3. The SMILES string of the molecule is COC(=O)N[C@H](C(=O)N1CCC[C@H]1c1ncc(-c2ccc(-c3ccc(NC(=O)c4ccc(N5CCN(C(=O)C(C)(C)C)CC5)cc4)cc3)cc2)[nH]1)C(C)C. The fourth-order valence-corrected chi connectivity index (χ4v) is 7.10. The Morgan fingerprint density at radius 2 is 1.44 bits per heavy atom. The van der Waals surface area contributed by atoms with Crippen molar-refractivity contribution in [2.45, 2.75) is 59.5 Å². The second-order valence-corrected chi connectivity index (χ2v) is 15.4. The highest BCUT2D eigenvalue weighted by atomic mass is 16.5. The van der Waals surface area contributed by atoms with Crippen molar-refractivity contribution in [1.29, 1.82) is 0 Å². The number of carbonyl (C=O) groups excluding carboxylic acids is 4. The molecule has 0 aliphatic carbocycles. The van der Waals surface area contributed by atoms with Crippen LogP contribution in [0, 0.1) is 11.3 Å². The number of amides is 4. The number of benzene rings is 3. The summed E-state index contributed by atoms with van der Waals surface area (Å²) >= 11 is 0. The van der Waals surface area contributed by atoms with E-state index in [-0.39, 0.29) is 35.1 Å². The molecule has 12 heteroatoms. The minimum absolute atomic E-state index is 0.103.